The summed E-state index contributed by atoms with van der Waals surface area (Å²) in [7, 11) is 3.41. The molecule has 1 rings (SSSR count). The lowest BCUT2D eigenvalue weighted by molar-refractivity contribution is -0.124. The van der Waals surface area contributed by atoms with Crippen LogP contribution in [-0.2, 0) is 9.47 Å². The van der Waals surface area contributed by atoms with Gasteiger partial charge >= 0.3 is 0 Å². The lowest BCUT2D eigenvalue weighted by atomic mass is 10.1. The van der Waals surface area contributed by atoms with Crippen molar-refractivity contribution in [3.05, 3.63) is 0 Å². The van der Waals surface area contributed by atoms with Gasteiger partial charge in [-0.3, -0.25) is 0 Å². The first-order chi connectivity index (χ1) is 6.81. The fourth-order valence-corrected chi connectivity index (χ4v) is 1.84. The largest absolute Gasteiger partial charge is 0.354 e. The van der Waals surface area contributed by atoms with Crippen LogP contribution in [0.25, 0.3) is 0 Å². The third-order valence-corrected chi connectivity index (χ3v) is 2.84. The van der Waals surface area contributed by atoms with Crippen molar-refractivity contribution < 1.29 is 9.47 Å². The number of ether oxygens (including phenoxy) is 2. The van der Waals surface area contributed by atoms with Gasteiger partial charge in [-0.25, -0.2) is 0 Å². The zero-order valence-electron chi connectivity index (χ0n) is 9.58. The minimum atomic E-state index is -0.103. The van der Waals surface area contributed by atoms with E-state index in [0.717, 1.165) is 18.9 Å². The highest BCUT2D eigenvalue weighted by Crippen LogP contribution is 2.34. The molecule has 3 nitrogen and oxygen atoms in total. The Morgan fingerprint density at radius 1 is 1.29 bits per heavy atom. The zero-order chi connectivity index (χ0) is 10.4. The summed E-state index contributed by atoms with van der Waals surface area (Å²) in [6.07, 6.45) is 5.20. The van der Waals surface area contributed by atoms with Crippen molar-refractivity contribution in [2.24, 2.45) is 5.92 Å². The minimum Gasteiger partial charge on any atom is -0.354 e. The Hall–Kier alpha value is -0.120. The molecule has 1 atom stereocenters. The monoisotopic (exact) mass is 201 g/mol. The Labute approximate surface area is 87.2 Å². The molecule has 1 fully saturated rings. The van der Waals surface area contributed by atoms with Crippen molar-refractivity contribution in [3.63, 3.8) is 0 Å². The van der Waals surface area contributed by atoms with Crippen LogP contribution in [0.15, 0.2) is 0 Å². The van der Waals surface area contributed by atoms with E-state index in [1.54, 1.807) is 14.2 Å². The third kappa shape index (κ3) is 3.95. The Kier molecular flexibility index (Phi) is 5.45. The first-order valence-electron chi connectivity index (χ1n) is 5.60. The predicted octanol–water partition coefficient (Wildman–Crippen LogP) is 1.77. The van der Waals surface area contributed by atoms with Crippen LogP contribution in [0.5, 0.6) is 0 Å². The average Bonchev–Trinajstić information content (AvgIpc) is 2.99. The Morgan fingerprint density at radius 2 is 1.93 bits per heavy atom. The van der Waals surface area contributed by atoms with Crippen LogP contribution in [0.1, 0.15) is 32.6 Å². The molecular weight excluding hydrogens is 178 g/mol. The Bertz CT molecular complexity index is 144. The number of nitrogens with one attached hydrogen (secondary N) is 1. The van der Waals surface area contributed by atoms with Crippen molar-refractivity contribution in [1.29, 1.82) is 0 Å². The van der Waals surface area contributed by atoms with Crippen molar-refractivity contribution >= 4 is 0 Å². The van der Waals surface area contributed by atoms with Gasteiger partial charge in [0.2, 0.25) is 0 Å². The lowest BCUT2D eigenvalue weighted by Gasteiger charge is -2.25. The van der Waals surface area contributed by atoms with Crippen LogP contribution in [0.4, 0.5) is 0 Å². The van der Waals surface area contributed by atoms with Gasteiger partial charge in [-0.05, 0) is 25.3 Å². The van der Waals surface area contributed by atoms with E-state index >= 15 is 0 Å². The fourth-order valence-electron chi connectivity index (χ4n) is 1.84. The second-order valence-electron chi connectivity index (χ2n) is 4.02. The molecule has 0 amide bonds. The molecule has 0 radical (unpaired) electrons. The highest BCUT2D eigenvalue weighted by molar-refractivity contribution is 4.78. The summed E-state index contributed by atoms with van der Waals surface area (Å²) in [4.78, 5) is 0. The van der Waals surface area contributed by atoms with E-state index in [4.69, 9.17) is 9.47 Å². The van der Waals surface area contributed by atoms with Crippen LogP contribution >= 0.6 is 0 Å². The Morgan fingerprint density at radius 3 is 2.36 bits per heavy atom. The predicted molar refractivity (Wildman–Crippen MR) is 57.2 cm³/mol. The van der Waals surface area contributed by atoms with Gasteiger partial charge < -0.3 is 14.8 Å². The Balaban J connectivity index is 2.26. The van der Waals surface area contributed by atoms with E-state index in [9.17, 15) is 0 Å². The number of rotatable bonds is 8. The molecule has 3 heteroatoms. The quantitative estimate of drug-likeness (QED) is 0.607. The molecule has 1 aliphatic carbocycles. The molecule has 0 bridgehead atoms. The van der Waals surface area contributed by atoms with E-state index in [2.05, 4.69) is 12.2 Å². The van der Waals surface area contributed by atoms with Crippen molar-refractivity contribution in [2.75, 3.05) is 20.8 Å². The van der Waals surface area contributed by atoms with Crippen LogP contribution in [-0.4, -0.2) is 33.1 Å². The summed E-state index contributed by atoms with van der Waals surface area (Å²) in [6, 6.07) is 0.343. The van der Waals surface area contributed by atoms with E-state index < -0.39 is 0 Å². The molecule has 0 aromatic rings. The SMILES string of the molecule is CCNC(CCC1CC1)C(OC)OC. The summed E-state index contributed by atoms with van der Waals surface area (Å²) in [5.74, 6) is 0.977. The average molecular weight is 201 g/mol. The van der Waals surface area contributed by atoms with Gasteiger partial charge in [-0.2, -0.15) is 0 Å². The minimum absolute atomic E-state index is 0.103. The van der Waals surface area contributed by atoms with Crippen LogP contribution < -0.4 is 5.32 Å². The second kappa shape index (κ2) is 6.38. The molecule has 0 aromatic heterocycles. The molecule has 14 heavy (non-hydrogen) atoms. The molecule has 0 saturated heterocycles. The molecule has 1 aliphatic rings. The zero-order valence-corrected chi connectivity index (χ0v) is 9.58. The summed E-state index contributed by atoms with van der Waals surface area (Å²) in [5, 5.41) is 3.42. The maximum Gasteiger partial charge on any atom is 0.171 e. The molecular formula is C11H23NO2. The molecule has 1 saturated carbocycles. The standard InChI is InChI=1S/C11H23NO2/c1-4-12-10(11(13-2)14-3)8-7-9-5-6-9/h9-12H,4-8H2,1-3H3. The van der Waals surface area contributed by atoms with Gasteiger partial charge in [0.05, 0.1) is 6.04 Å². The molecule has 0 heterocycles. The summed E-state index contributed by atoms with van der Waals surface area (Å²) < 4.78 is 10.6. The van der Waals surface area contributed by atoms with Crippen molar-refractivity contribution in [3.8, 4) is 0 Å². The maximum atomic E-state index is 5.28. The van der Waals surface area contributed by atoms with E-state index in [-0.39, 0.29) is 6.29 Å². The first kappa shape index (κ1) is 12.0. The number of methoxy groups -OCH3 is 2. The van der Waals surface area contributed by atoms with Gasteiger partial charge in [-0.1, -0.05) is 19.8 Å². The molecule has 1 unspecified atom stereocenters. The maximum absolute atomic E-state index is 5.28. The van der Waals surface area contributed by atoms with Crippen LogP contribution in [0.3, 0.4) is 0 Å². The van der Waals surface area contributed by atoms with Gasteiger partial charge in [0.25, 0.3) is 0 Å². The van der Waals surface area contributed by atoms with E-state index in [1.807, 2.05) is 0 Å². The highest BCUT2D eigenvalue weighted by atomic mass is 16.7. The summed E-state index contributed by atoms with van der Waals surface area (Å²) in [6.45, 7) is 3.09. The van der Waals surface area contributed by atoms with Crippen LogP contribution in [0, 0.1) is 5.92 Å². The summed E-state index contributed by atoms with van der Waals surface area (Å²) >= 11 is 0. The molecule has 1 N–H and O–H groups in total. The van der Waals surface area contributed by atoms with Gasteiger partial charge in [0.1, 0.15) is 0 Å². The number of likely N-dealkylation sites (N-methyl/N-ethyl adjacent to an activating group) is 1. The van der Waals surface area contributed by atoms with Crippen molar-refractivity contribution in [2.45, 2.75) is 44.9 Å². The number of hydrogen-bond donors (Lipinski definition) is 1. The van der Waals surface area contributed by atoms with Gasteiger partial charge in [-0.15, -0.1) is 0 Å². The second-order valence-corrected chi connectivity index (χ2v) is 4.02. The molecule has 84 valence electrons. The normalized spacial score (nSPS) is 18.9. The smallest absolute Gasteiger partial charge is 0.171 e. The van der Waals surface area contributed by atoms with E-state index in [0.29, 0.717) is 6.04 Å². The lowest BCUT2D eigenvalue weighted by Crippen LogP contribution is -2.42. The first-order valence-corrected chi connectivity index (χ1v) is 5.60. The van der Waals surface area contributed by atoms with Gasteiger partial charge in [0, 0.05) is 14.2 Å². The van der Waals surface area contributed by atoms with Crippen LogP contribution in [0.2, 0.25) is 0 Å². The van der Waals surface area contributed by atoms with E-state index in [1.165, 1.54) is 19.3 Å². The number of hydrogen-bond acceptors (Lipinski definition) is 3. The fraction of sp³-hybridized carbons (Fsp3) is 1.00. The highest BCUT2D eigenvalue weighted by Gasteiger charge is 2.25. The van der Waals surface area contributed by atoms with Gasteiger partial charge in [0.15, 0.2) is 6.29 Å². The molecule has 0 aliphatic heterocycles. The third-order valence-electron chi connectivity index (χ3n) is 2.84. The molecule has 0 aromatic carbocycles. The van der Waals surface area contributed by atoms with Crippen molar-refractivity contribution in [1.82, 2.24) is 5.32 Å². The topological polar surface area (TPSA) is 30.5 Å². The molecule has 0 spiro atoms. The summed E-state index contributed by atoms with van der Waals surface area (Å²) in [5.41, 5.74) is 0.